The molecule has 190 valence electrons. The number of nitrogens with zero attached hydrogens (tertiary/aromatic N) is 2. The third-order valence-corrected chi connectivity index (χ3v) is 10.2. The van der Waals surface area contributed by atoms with Crippen molar-refractivity contribution in [3.63, 3.8) is 0 Å². The number of amides is 1. The fourth-order valence-electron chi connectivity index (χ4n) is 4.46. The maximum absolute atomic E-state index is 13.2. The molecule has 0 unspecified atom stereocenters. The van der Waals surface area contributed by atoms with Crippen molar-refractivity contribution in [2.45, 2.75) is 22.6 Å². The van der Waals surface area contributed by atoms with E-state index in [0.717, 1.165) is 27.3 Å². The van der Waals surface area contributed by atoms with Crippen molar-refractivity contribution in [2.24, 2.45) is 5.92 Å². The summed E-state index contributed by atoms with van der Waals surface area (Å²) in [7, 11) is -3.59. The second-order valence-electron chi connectivity index (χ2n) is 8.80. The van der Waals surface area contributed by atoms with Gasteiger partial charge in [-0.25, -0.2) is 13.4 Å². The fraction of sp³-hybridized carbons (Fsp3) is 0.214. The van der Waals surface area contributed by atoms with Crippen molar-refractivity contribution < 1.29 is 13.2 Å². The number of carbonyl (C=O) groups excluding carboxylic acids is 1. The van der Waals surface area contributed by atoms with E-state index in [9.17, 15) is 13.2 Å². The van der Waals surface area contributed by atoms with Crippen LogP contribution in [0.1, 0.15) is 12.8 Å². The van der Waals surface area contributed by atoms with E-state index >= 15 is 0 Å². The molecule has 4 aromatic rings. The molecule has 0 radical (unpaired) electrons. The molecule has 9 heteroatoms. The number of nitrogens with one attached hydrogen (secondary N) is 1. The molecule has 3 aromatic carbocycles. The van der Waals surface area contributed by atoms with Crippen LogP contribution in [0, 0.1) is 5.92 Å². The predicted molar refractivity (Wildman–Crippen MR) is 151 cm³/mol. The van der Waals surface area contributed by atoms with Gasteiger partial charge in [0.25, 0.3) is 0 Å². The number of carbonyl (C=O) groups is 1. The number of benzene rings is 3. The van der Waals surface area contributed by atoms with Crippen LogP contribution in [0.25, 0.3) is 22.4 Å². The largest absolute Gasteiger partial charge is 0.302 e. The number of hydrogen-bond acceptors (Lipinski definition) is 6. The summed E-state index contributed by atoms with van der Waals surface area (Å²) in [6.45, 7) is 0.639. The summed E-state index contributed by atoms with van der Waals surface area (Å²) in [5, 5.41) is 5.43. The highest BCUT2D eigenvalue weighted by atomic mass is 32.2. The summed E-state index contributed by atoms with van der Waals surface area (Å²) in [6.07, 6.45) is 2.83. The number of thiazole rings is 1. The maximum Gasteiger partial charge on any atom is 0.244 e. The van der Waals surface area contributed by atoms with Gasteiger partial charge in [0.2, 0.25) is 15.9 Å². The number of aromatic nitrogens is 1. The normalized spacial score (nSPS) is 14.9. The van der Waals surface area contributed by atoms with Crippen LogP contribution in [0.2, 0.25) is 0 Å². The Morgan fingerprint density at radius 2 is 1.54 bits per heavy atom. The van der Waals surface area contributed by atoms with Gasteiger partial charge in [0.1, 0.15) is 0 Å². The van der Waals surface area contributed by atoms with Gasteiger partial charge in [-0.2, -0.15) is 4.31 Å². The molecule has 0 spiro atoms. The number of thioether (sulfide) groups is 1. The van der Waals surface area contributed by atoms with Crippen molar-refractivity contribution >= 4 is 44.2 Å². The Labute approximate surface area is 225 Å². The van der Waals surface area contributed by atoms with Gasteiger partial charge in [0.15, 0.2) is 5.13 Å². The Kier molecular flexibility index (Phi) is 7.76. The van der Waals surface area contributed by atoms with Crippen LogP contribution in [0.3, 0.4) is 0 Å². The topological polar surface area (TPSA) is 79.4 Å². The monoisotopic (exact) mass is 549 g/mol. The van der Waals surface area contributed by atoms with Gasteiger partial charge in [0.05, 0.1) is 10.6 Å². The third-order valence-electron chi connectivity index (χ3n) is 6.53. The molecule has 2 heterocycles. The minimum atomic E-state index is -3.59. The number of rotatable bonds is 7. The van der Waals surface area contributed by atoms with E-state index in [1.165, 1.54) is 27.4 Å². The molecule has 1 aliphatic heterocycles. The van der Waals surface area contributed by atoms with Crippen molar-refractivity contribution in [1.82, 2.24) is 9.29 Å². The first kappa shape index (κ1) is 25.7. The Bertz CT molecular complexity index is 1480. The highest BCUT2D eigenvalue weighted by molar-refractivity contribution is 7.99. The van der Waals surface area contributed by atoms with E-state index < -0.39 is 10.0 Å². The predicted octanol–water partition coefficient (Wildman–Crippen LogP) is 6.24. The van der Waals surface area contributed by atoms with Gasteiger partial charge in [-0.1, -0.05) is 66.7 Å². The van der Waals surface area contributed by atoms with Crippen molar-refractivity contribution in [3.8, 4) is 22.4 Å². The highest BCUT2D eigenvalue weighted by Crippen LogP contribution is 2.31. The van der Waals surface area contributed by atoms with Crippen molar-refractivity contribution in [3.05, 3.63) is 84.2 Å². The zero-order valence-corrected chi connectivity index (χ0v) is 22.8. The number of hydrogen-bond donors (Lipinski definition) is 1. The van der Waals surface area contributed by atoms with E-state index in [4.69, 9.17) is 0 Å². The second kappa shape index (κ2) is 11.2. The van der Waals surface area contributed by atoms with Crippen LogP contribution in [0.15, 0.2) is 94.0 Å². The van der Waals surface area contributed by atoms with E-state index in [0.29, 0.717) is 36.0 Å². The van der Waals surface area contributed by atoms with Crippen LogP contribution < -0.4 is 5.32 Å². The fourth-order valence-corrected chi connectivity index (χ4v) is 7.78. The van der Waals surface area contributed by atoms with Crippen LogP contribution in [-0.2, 0) is 14.8 Å². The molecule has 1 saturated heterocycles. The molecule has 5 rings (SSSR count). The standard InChI is InChI=1S/C28H27N3O3S3/c1-35-25-9-5-6-10-26(25)37(33,34)31-17-15-23(16-18-31)27(32)30-28-29-24(19-36-28)22-13-11-21(12-14-22)20-7-3-2-4-8-20/h2-14,19,23H,15-18H2,1H3,(H,29,30,32). The lowest BCUT2D eigenvalue weighted by atomic mass is 9.97. The summed E-state index contributed by atoms with van der Waals surface area (Å²) in [4.78, 5) is 18.6. The van der Waals surface area contributed by atoms with Crippen molar-refractivity contribution in [1.29, 1.82) is 0 Å². The first-order valence-corrected chi connectivity index (χ1v) is 15.6. The van der Waals surface area contributed by atoms with Crippen LogP contribution in [0.5, 0.6) is 0 Å². The van der Waals surface area contributed by atoms with Crippen LogP contribution >= 0.6 is 23.1 Å². The van der Waals surface area contributed by atoms with E-state index in [2.05, 4.69) is 34.6 Å². The molecule has 1 aliphatic rings. The average molecular weight is 550 g/mol. The zero-order chi connectivity index (χ0) is 25.8. The average Bonchev–Trinajstić information content (AvgIpc) is 3.42. The maximum atomic E-state index is 13.2. The van der Waals surface area contributed by atoms with Gasteiger partial charge in [0, 0.05) is 34.8 Å². The summed E-state index contributed by atoms with van der Waals surface area (Å²) in [5.74, 6) is -0.360. The molecule has 1 fully saturated rings. The van der Waals surface area contributed by atoms with Crippen LogP contribution in [-0.4, -0.2) is 43.0 Å². The molecule has 0 saturated carbocycles. The summed E-state index contributed by atoms with van der Waals surface area (Å²) in [5.41, 5.74) is 4.10. The van der Waals surface area contributed by atoms with Gasteiger partial charge in [-0.3, -0.25) is 4.79 Å². The van der Waals surface area contributed by atoms with E-state index in [1.807, 2.05) is 54.1 Å². The highest BCUT2D eigenvalue weighted by Gasteiger charge is 2.33. The molecule has 0 aliphatic carbocycles. The molecule has 1 N–H and O–H groups in total. The van der Waals surface area contributed by atoms with Gasteiger partial charge >= 0.3 is 0 Å². The van der Waals surface area contributed by atoms with Gasteiger partial charge in [-0.15, -0.1) is 23.1 Å². The molecule has 0 bridgehead atoms. The lowest BCUT2D eigenvalue weighted by molar-refractivity contribution is -0.120. The molecule has 37 heavy (non-hydrogen) atoms. The molecule has 1 amide bonds. The van der Waals surface area contributed by atoms with Crippen LogP contribution in [0.4, 0.5) is 5.13 Å². The molecule has 6 nitrogen and oxygen atoms in total. The third kappa shape index (κ3) is 5.65. The lowest BCUT2D eigenvalue weighted by Gasteiger charge is -2.30. The van der Waals surface area contributed by atoms with E-state index in [1.54, 1.807) is 12.1 Å². The minimum Gasteiger partial charge on any atom is -0.302 e. The van der Waals surface area contributed by atoms with Crippen molar-refractivity contribution in [2.75, 3.05) is 24.7 Å². The number of anilines is 1. The Hall–Kier alpha value is -2.98. The number of piperidine rings is 1. The zero-order valence-electron chi connectivity index (χ0n) is 20.3. The first-order chi connectivity index (χ1) is 18.0. The summed E-state index contributed by atoms with van der Waals surface area (Å²) >= 11 is 2.81. The smallest absolute Gasteiger partial charge is 0.244 e. The molecular formula is C28H27N3O3S3. The van der Waals surface area contributed by atoms with Gasteiger partial charge in [-0.05, 0) is 42.4 Å². The summed E-state index contributed by atoms with van der Waals surface area (Å²) in [6, 6.07) is 25.5. The molecule has 1 aromatic heterocycles. The van der Waals surface area contributed by atoms with E-state index in [-0.39, 0.29) is 11.8 Å². The first-order valence-electron chi connectivity index (χ1n) is 12.0. The second-order valence-corrected chi connectivity index (χ2v) is 12.4. The quantitative estimate of drug-likeness (QED) is 0.276. The molecular weight excluding hydrogens is 523 g/mol. The number of sulfonamides is 1. The Morgan fingerprint density at radius 3 is 2.24 bits per heavy atom. The van der Waals surface area contributed by atoms with Gasteiger partial charge < -0.3 is 5.32 Å². The lowest BCUT2D eigenvalue weighted by Crippen LogP contribution is -2.41. The SMILES string of the molecule is CSc1ccccc1S(=O)(=O)N1CCC(C(=O)Nc2nc(-c3ccc(-c4ccccc4)cc3)cs2)CC1. The molecule has 0 atom stereocenters. The Balaban J connectivity index is 1.19. The summed E-state index contributed by atoms with van der Waals surface area (Å²) < 4.78 is 27.8. The minimum absolute atomic E-state index is 0.109. The Morgan fingerprint density at radius 1 is 0.919 bits per heavy atom.